The third kappa shape index (κ3) is 4.93. The van der Waals surface area contributed by atoms with Gasteiger partial charge in [-0.3, -0.25) is 9.59 Å². The number of carbonyl (C=O) groups excluding carboxylic acids is 2. The van der Waals surface area contributed by atoms with E-state index in [0.717, 1.165) is 16.3 Å². The first-order valence-corrected chi connectivity index (χ1v) is 12.2. The van der Waals surface area contributed by atoms with E-state index in [-0.39, 0.29) is 17.6 Å². The lowest BCUT2D eigenvalue weighted by Crippen LogP contribution is -2.48. The van der Waals surface area contributed by atoms with Crippen LogP contribution in [0.25, 0.3) is 17.0 Å². The number of anilines is 2. The molecular weight excluding hydrogens is 462 g/mol. The number of para-hydroxylation sites is 1. The zero-order valence-electron chi connectivity index (χ0n) is 19.3. The first kappa shape index (κ1) is 22.7. The third-order valence-electron chi connectivity index (χ3n) is 5.97. The molecule has 0 aliphatic carbocycles. The molecule has 2 aromatic carbocycles. The molecule has 5 rings (SSSR count). The fraction of sp³-hybridized carbons (Fsp3) is 0.185. The molecular formula is C27H25N3O4S. The van der Waals surface area contributed by atoms with E-state index < -0.39 is 0 Å². The van der Waals surface area contributed by atoms with Crippen LogP contribution in [0.1, 0.15) is 15.4 Å². The summed E-state index contributed by atoms with van der Waals surface area (Å²) in [5.41, 5.74) is 2.02. The van der Waals surface area contributed by atoms with E-state index in [4.69, 9.17) is 9.15 Å². The van der Waals surface area contributed by atoms with Crippen LogP contribution >= 0.6 is 11.3 Å². The smallest absolute Gasteiger partial charge is 0.291 e. The number of piperazine rings is 1. The van der Waals surface area contributed by atoms with Gasteiger partial charge in [0.1, 0.15) is 17.0 Å². The first-order valence-electron chi connectivity index (χ1n) is 11.3. The van der Waals surface area contributed by atoms with E-state index in [2.05, 4.69) is 10.2 Å². The molecule has 0 spiro atoms. The van der Waals surface area contributed by atoms with Gasteiger partial charge in [-0.25, -0.2) is 0 Å². The van der Waals surface area contributed by atoms with Gasteiger partial charge in [-0.05, 0) is 41.8 Å². The zero-order chi connectivity index (χ0) is 24.2. The number of rotatable bonds is 6. The molecule has 0 saturated carbocycles. The van der Waals surface area contributed by atoms with Crippen molar-refractivity contribution in [2.45, 2.75) is 0 Å². The van der Waals surface area contributed by atoms with E-state index in [1.807, 2.05) is 60.0 Å². The van der Waals surface area contributed by atoms with E-state index in [1.165, 1.54) is 6.08 Å². The standard InChI is InChI=1S/C27H25N3O4S/c1-33-20-7-4-6-19(18-20)29-13-15-30(16-14-29)27(32)26-25(22-9-2-3-10-23(22)34-26)28-24(31)12-11-21-8-5-17-35-21/h2-12,17-18H,13-16H2,1H3,(H,28,31). The van der Waals surface area contributed by atoms with Gasteiger partial charge in [0, 0.05) is 54.3 Å². The topological polar surface area (TPSA) is 75.0 Å². The summed E-state index contributed by atoms with van der Waals surface area (Å²) in [6, 6.07) is 19.1. The van der Waals surface area contributed by atoms with Crippen molar-refractivity contribution in [1.82, 2.24) is 4.90 Å². The van der Waals surface area contributed by atoms with Crippen molar-refractivity contribution < 1.29 is 18.7 Å². The lowest BCUT2D eigenvalue weighted by Gasteiger charge is -2.36. The average molecular weight is 488 g/mol. The minimum Gasteiger partial charge on any atom is -0.497 e. The number of fused-ring (bicyclic) bond motifs is 1. The Balaban J connectivity index is 1.33. The number of hydrogen-bond donors (Lipinski definition) is 1. The maximum atomic E-state index is 13.5. The molecule has 2 amide bonds. The summed E-state index contributed by atoms with van der Waals surface area (Å²) in [4.78, 5) is 31.1. The summed E-state index contributed by atoms with van der Waals surface area (Å²) < 4.78 is 11.3. The quantitative estimate of drug-likeness (QED) is 0.382. The number of methoxy groups -OCH3 is 1. The molecule has 35 heavy (non-hydrogen) atoms. The Morgan fingerprint density at radius 1 is 1.03 bits per heavy atom. The normalized spacial score (nSPS) is 14.0. The van der Waals surface area contributed by atoms with Gasteiger partial charge in [0.15, 0.2) is 0 Å². The SMILES string of the molecule is COc1cccc(N2CCN(C(=O)c3oc4ccccc4c3NC(=O)C=Cc3cccs3)CC2)c1. The molecule has 1 fully saturated rings. The van der Waals surface area contributed by atoms with Crippen LogP contribution in [-0.4, -0.2) is 50.0 Å². The van der Waals surface area contributed by atoms with Crippen LogP contribution in [0.2, 0.25) is 0 Å². The maximum absolute atomic E-state index is 13.5. The third-order valence-corrected chi connectivity index (χ3v) is 6.80. The highest BCUT2D eigenvalue weighted by Crippen LogP contribution is 2.32. The Hall–Kier alpha value is -4.04. The monoisotopic (exact) mass is 487 g/mol. The second-order valence-electron chi connectivity index (χ2n) is 8.12. The number of amides is 2. The predicted molar refractivity (Wildman–Crippen MR) is 139 cm³/mol. The fourth-order valence-electron chi connectivity index (χ4n) is 4.15. The van der Waals surface area contributed by atoms with Crippen LogP contribution in [0.5, 0.6) is 5.75 Å². The highest BCUT2D eigenvalue weighted by Gasteiger charge is 2.29. The van der Waals surface area contributed by atoms with Crippen LogP contribution < -0.4 is 15.0 Å². The highest BCUT2D eigenvalue weighted by molar-refractivity contribution is 7.10. The summed E-state index contributed by atoms with van der Waals surface area (Å²) in [6.07, 6.45) is 3.22. The van der Waals surface area contributed by atoms with E-state index in [0.29, 0.717) is 42.8 Å². The van der Waals surface area contributed by atoms with Crippen LogP contribution in [0.15, 0.2) is 76.5 Å². The molecule has 1 aliphatic heterocycles. The summed E-state index contributed by atoms with van der Waals surface area (Å²) in [7, 11) is 1.65. The second kappa shape index (κ2) is 10.1. The molecule has 1 N–H and O–H groups in total. The predicted octanol–water partition coefficient (Wildman–Crippen LogP) is 5.12. The fourth-order valence-corrected chi connectivity index (χ4v) is 4.77. The number of nitrogens with zero attached hydrogens (tertiary/aromatic N) is 2. The van der Waals surface area contributed by atoms with Gasteiger partial charge in [0.2, 0.25) is 11.7 Å². The Morgan fingerprint density at radius 2 is 1.86 bits per heavy atom. The molecule has 2 aromatic heterocycles. The van der Waals surface area contributed by atoms with Gasteiger partial charge < -0.3 is 24.3 Å². The first-order chi connectivity index (χ1) is 17.1. The van der Waals surface area contributed by atoms with Gasteiger partial charge in [0.25, 0.3) is 5.91 Å². The van der Waals surface area contributed by atoms with Gasteiger partial charge in [0.05, 0.1) is 7.11 Å². The molecule has 178 valence electrons. The lowest BCUT2D eigenvalue weighted by atomic mass is 10.2. The number of furan rings is 1. The van der Waals surface area contributed by atoms with Crippen LogP contribution in [0.3, 0.4) is 0 Å². The van der Waals surface area contributed by atoms with Gasteiger partial charge in [-0.15, -0.1) is 11.3 Å². The molecule has 1 saturated heterocycles. The Bertz CT molecular complexity index is 1370. The van der Waals surface area contributed by atoms with E-state index >= 15 is 0 Å². The molecule has 0 bridgehead atoms. The van der Waals surface area contributed by atoms with Crippen LogP contribution in [0, 0.1) is 0 Å². The van der Waals surface area contributed by atoms with E-state index in [9.17, 15) is 9.59 Å². The van der Waals surface area contributed by atoms with Crippen molar-refractivity contribution in [2.75, 3.05) is 43.5 Å². The van der Waals surface area contributed by atoms with Crippen LogP contribution in [-0.2, 0) is 4.79 Å². The molecule has 0 atom stereocenters. The molecule has 0 unspecified atom stereocenters. The van der Waals surface area contributed by atoms with Crippen molar-refractivity contribution in [3.63, 3.8) is 0 Å². The molecule has 0 radical (unpaired) electrons. The summed E-state index contributed by atoms with van der Waals surface area (Å²) in [6.45, 7) is 2.45. The highest BCUT2D eigenvalue weighted by atomic mass is 32.1. The summed E-state index contributed by atoms with van der Waals surface area (Å²) in [5, 5.41) is 5.52. The van der Waals surface area contributed by atoms with Gasteiger partial charge in [-0.2, -0.15) is 0 Å². The minimum atomic E-state index is -0.318. The molecule has 1 aliphatic rings. The van der Waals surface area contributed by atoms with Crippen molar-refractivity contribution >= 4 is 51.6 Å². The molecule has 8 heteroatoms. The number of ether oxygens (including phenoxy) is 1. The Labute approximate surface area is 207 Å². The lowest BCUT2D eigenvalue weighted by molar-refractivity contribution is -0.111. The maximum Gasteiger partial charge on any atom is 0.291 e. The number of benzene rings is 2. The number of hydrogen-bond acceptors (Lipinski definition) is 6. The van der Waals surface area contributed by atoms with Gasteiger partial charge in [-0.1, -0.05) is 24.3 Å². The van der Waals surface area contributed by atoms with Crippen molar-refractivity contribution in [3.8, 4) is 5.75 Å². The Morgan fingerprint density at radius 3 is 2.63 bits per heavy atom. The van der Waals surface area contributed by atoms with Crippen molar-refractivity contribution in [3.05, 3.63) is 82.8 Å². The molecule has 4 aromatic rings. The largest absolute Gasteiger partial charge is 0.497 e. The van der Waals surface area contributed by atoms with Crippen molar-refractivity contribution in [1.29, 1.82) is 0 Å². The Kier molecular flexibility index (Phi) is 6.54. The molecule has 7 nitrogen and oxygen atoms in total. The number of carbonyl (C=O) groups is 2. The van der Waals surface area contributed by atoms with Gasteiger partial charge >= 0.3 is 0 Å². The van der Waals surface area contributed by atoms with E-state index in [1.54, 1.807) is 35.5 Å². The van der Waals surface area contributed by atoms with Crippen LogP contribution in [0.4, 0.5) is 11.4 Å². The minimum absolute atomic E-state index is 0.152. The number of nitrogens with one attached hydrogen (secondary N) is 1. The zero-order valence-corrected chi connectivity index (χ0v) is 20.1. The second-order valence-corrected chi connectivity index (χ2v) is 9.10. The summed E-state index contributed by atoms with van der Waals surface area (Å²) >= 11 is 1.55. The number of thiophene rings is 1. The average Bonchev–Trinajstić information content (AvgIpc) is 3.55. The summed E-state index contributed by atoms with van der Waals surface area (Å²) in [5.74, 6) is 0.404. The van der Waals surface area contributed by atoms with Crippen molar-refractivity contribution in [2.24, 2.45) is 0 Å². The molecule has 3 heterocycles.